The molecule has 0 fully saturated rings. The molecule has 37 heavy (non-hydrogen) atoms. The number of hydrogen-bond acceptors (Lipinski definition) is 4. The van der Waals surface area contributed by atoms with E-state index in [4.69, 9.17) is 5.73 Å². The van der Waals surface area contributed by atoms with Crippen LogP contribution in [-0.4, -0.2) is 17.0 Å². The van der Waals surface area contributed by atoms with Gasteiger partial charge in [-0.25, -0.2) is 9.69 Å². The lowest BCUT2D eigenvalue weighted by Gasteiger charge is -2.19. The Morgan fingerprint density at radius 1 is 0.676 bits per heavy atom. The van der Waals surface area contributed by atoms with Crippen LogP contribution in [0.4, 0.5) is 10.5 Å². The Balaban J connectivity index is 1.59. The minimum Gasteiger partial charge on any atom is -0.508 e. The molecule has 0 aliphatic heterocycles. The second-order valence-corrected chi connectivity index (χ2v) is 11.0. The highest BCUT2D eigenvalue weighted by Crippen LogP contribution is 2.30. The summed E-state index contributed by atoms with van der Waals surface area (Å²) in [5.41, 5.74) is 6.03. The van der Waals surface area contributed by atoms with Crippen molar-refractivity contribution in [2.24, 2.45) is 5.73 Å². The number of hydrogen-bond donors (Lipinski definition) is 2. The van der Waals surface area contributed by atoms with Gasteiger partial charge in [0.1, 0.15) is 5.75 Å². The topological polar surface area (TPSA) is 83.6 Å². The summed E-state index contributed by atoms with van der Waals surface area (Å²) >= 11 is 1.54. The van der Waals surface area contributed by atoms with Gasteiger partial charge in [0.25, 0.3) is 0 Å². The number of primary amides is 1. The smallest absolute Gasteiger partial charge is 0.326 e. The molecule has 0 aliphatic carbocycles. The van der Waals surface area contributed by atoms with Crippen molar-refractivity contribution in [2.75, 3.05) is 4.90 Å². The molecule has 0 heterocycles. The van der Waals surface area contributed by atoms with Crippen molar-refractivity contribution in [3.8, 4) is 5.75 Å². The van der Waals surface area contributed by atoms with Gasteiger partial charge in [0.05, 0.1) is 5.69 Å². The number of aromatic hydroxyl groups is 1. The molecule has 0 radical (unpaired) electrons. The molecule has 5 nitrogen and oxygen atoms in total. The Bertz CT molecular complexity index is 900. The van der Waals surface area contributed by atoms with Gasteiger partial charge in [0.15, 0.2) is 0 Å². The second-order valence-electron chi connectivity index (χ2n) is 9.86. The van der Waals surface area contributed by atoms with Crippen molar-refractivity contribution in [1.29, 1.82) is 0 Å². The summed E-state index contributed by atoms with van der Waals surface area (Å²) in [6.07, 6.45) is 19.4. The first-order valence-electron chi connectivity index (χ1n) is 14.2. The highest BCUT2D eigenvalue weighted by Gasteiger charge is 2.20. The predicted octanol–water partition coefficient (Wildman–Crippen LogP) is 9.22. The van der Waals surface area contributed by atoms with E-state index in [-0.39, 0.29) is 11.7 Å². The van der Waals surface area contributed by atoms with Gasteiger partial charge >= 0.3 is 6.03 Å². The molecule has 0 aromatic heterocycles. The number of urea groups is 1. The fourth-order valence-electron chi connectivity index (χ4n) is 4.47. The number of carbonyl (C=O) groups is 2. The molecule has 0 bridgehead atoms. The van der Waals surface area contributed by atoms with Crippen molar-refractivity contribution in [1.82, 2.24) is 0 Å². The lowest BCUT2D eigenvalue weighted by atomic mass is 10.0. The van der Waals surface area contributed by atoms with E-state index >= 15 is 0 Å². The minimum atomic E-state index is -0.745. The number of unbranched alkanes of at least 4 members (excludes halogenated alkanes) is 14. The molecule has 0 saturated heterocycles. The van der Waals surface area contributed by atoms with Crippen molar-refractivity contribution in [2.45, 2.75) is 119 Å². The van der Waals surface area contributed by atoms with E-state index < -0.39 is 6.03 Å². The summed E-state index contributed by atoms with van der Waals surface area (Å²) in [7, 11) is 0. The number of carbonyl (C=O) groups excluding carboxylic acids is 2. The van der Waals surface area contributed by atoms with E-state index in [1.165, 1.54) is 88.8 Å². The van der Waals surface area contributed by atoms with Crippen molar-refractivity contribution < 1.29 is 14.7 Å². The van der Waals surface area contributed by atoms with E-state index in [0.717, 1.165) is 34.0 Å². The summed E-state index contributed by atoms with van der Waals surface area (Å²) in [6.45, 7) is 2.26. The lowest BCUT2D eigenvalue weighted by Crippen LogP contribution is -2.40. The summed E-state index contributed by atoms with van der Waals surface area (Å²) < 4.78 is 0. The average molecular weight is 527 g/mol. The highest BCUT2D eigenvalue weighted by molar-refractivity contribution is 7.99. The first-order valence-corrected chi connectivity index (χ1v) is 15.0. The number of phenols is 1. The number of nitrogens with zero attached hydrogens (tertiary/aromatic N) is 1. The monoisotopic (exact) mass is 526 g/mol. The number of rotatable bonds is 19. The molecule has 0 spiro atoms. The number of phenolic OH excluding ortho intramolecular Hbond substituents is 1. The van der Waals surface area contributed by atoms with E-state index in [1.807, 2.05) is 24.3 Å². The van der Waals surface area contributed by atoms with Gasteiger partial charge in [-0.1, -0.05) is 109 Å². The van der Waals surface area contributed by atoms with Gasteiger partial charge in [0.2, 0.25) is 5.91 Å². The summed E-state index contributed by atoms with van der Waals surface area (Å²) in [6, 6.07) is 13.4. The van der Waals surface area contributed by atoms with Gasteiger partial charge in [-0.2, -0.15) is 0 Å². The molecule has 0 aliphatic rings. The van der Waals surface area contributed by atoms with E-state index in [1.54, 1.807) is 24.3 Å². The fourth-order valence-corrected chi connectivity index (χ4v) is 5.28. The number of anilines is 1. The maximum atomic E-state index is 12.7. The highest BCUT2D eigenvalue weighted by atomic mass is 32.2. The molecule has 3 N–H and O–H groups in total. The van der Waals surface area contributed by atoms with Crippen LogP contribution in [-0.2, 0) is 4.79 Å². The molecule has 2 rings (SSSR count). The molecule has 0 unspecified atom stereocenters. The van der Waals surface area contributed by atoms with Crippen LogP contribution in [0.5, 0.6) is 5.75 Å². The van der Waals surface area contributed by atoms with Gasteiger partial charge in [-0.3, -0.25) is 4.79 Å². The third-order valence-electron chi connectivity index (χ3n) is 6.63. The molecular formula is C31H46N2O3S. The van der Waals surface area contributed by atoms with Crippen LogP contribution in [0.1, 0.15) is 110 Å². The summed E-state index contributed by atoms with van der Waals surface area (Å²) in [5, 5.41) is 9.42. The Hall–Kier alpha value is -2.47. The van der Waals surface area contributed by atoms with E-state index in [0.29, 0.717) is 12.1 Å². The van der Waals surface area contributed by atoms with Crippen LogP contribution in [0.2, 0.25) is 0 Å². The minimum absolute atomic E-state index is 0.226. The average Bonchev–Trinajstić information content (AvgIpc) is 2.88. The number of amides is 3. The Kier molecular flexibility index (Phi) is 15.6. The third kappa shape index (κ3) is 13.1. The van der Waals surface area contributed by atoms with Gasteiger partial charge in [0, 0.05) is 16.2 Å². The van der Waals surface area contributed by atoms with E-state index in [2.05, 4.69) is 6.92 Å². The summed E-state index contributed by atoms with van der Waals surface area (Å²) in [5.74, 6) is -0.0227. The summed E-state index contributed by atoms with van der Waals surface area (Å²) in [4.78, 5) is 27.8. The van der Waals surface area contributed by atoms with Crippen LogP contribution in [0.25, 0.3) is 0 Å². The van der Waals surface area contributed by atoms with E-state index in [9.17, 15) is 14.7 Å². The Morgan fingerprint density at radius 2 is 1.08 bits per heavy atom. The van der Waals surface area contributed by atoms with Crippen molar-refractivity contribution >= 4 is 29.4 Å². The van der Waals surface area contributed by atoms with Crippen molar-refractivity contribution in [3.05, 3.63) is 48.5 Å². The molecule has 3 amide bonds. The first kappa shape index (κ1) is 30.8. The normalized spacial score (nSPS) is 10.9. The molecule has 6 heteroatoms. The maximum Gasteiger partial charge on any atom is 0.326 e. The Morgan fingerprint density at radius 3 is 1.51 bits per heavy atom. The number of benzene rings is 2. The Labute approximate surface area is 228 Å². The van der Waals surface area contributed by atoms with Crippen molar-refractivity contribution in [3.63, 3.8) is 0 Å². The third-order valence-corrected chi connectivity index (χ3v) is 7.65. The molecule has 2 aromatic rings. The largest absolute Gasteiger partial charge is 0.508 e. The molecule has 2 aromatic carbocycles. The van der Waals surface area contributed by atoms with Gasteiger partial charge in [-0.15, -0.1) is 0 Å². The van der Waals surface area contributed by atoms with Gasteiger partial charge in [-0.05, 0) is 55.0 Å². The van der Waals surface area contributed by atoms with Gasteiger partial charge < -0.3 is 10.8 Å². The fraction of sp³-hybridized carbons (Fsp3) is 0.548. The van der Waals surface area contributed by atoms with Crippen LogP contribution < -0.4 is 10.6 Å². The second kappa shape index (κ2) is 18.7. The zero-order chi connectivity index (χ0) is 26.7. The molecular weight excluding hydrogens is 480 g/mol. The molecule has 0 saturated carbocycles. The number of nitrogens with two attached hydrogens (primary N) is 1. The quantitative estimate of drug-likeness (QED) is 0.179. The maximum absolute atomic E-state index is 12.7. The van der Waals surface area contributed by atoms with Crippen LogP contribution in [0, 0.1) is 0 Å². The SMILES string of the molecule is CCCCCCCCCCCCCCCCCC(=O)N(C(N)=O)c1ccc(Sc2ccc(O)cc2)cc1. The predicted molar refractivity (Wildman–Crippen MR) is 155 cm³/mol. The molecule has 0 atom stereocenters. The lowest BCUT2D eigenvalue weighted by molar-refractivity contribution is -0.118. The zero-order valence-corrected chi connectivity index (χ0v) is 23.4. The number of imide groups is 1. The van der Waals surface area contributed by atoms with Crippen LogP contribution in [0.15, 0.2) is 58.3 Å². The zero-order valence-electron chi connectivity index (χ0n) is 22.6. The van der Waals surface area contributed by atoms with Crippen LogP contribution >= 0.6 is 11.8 Å². The standard InChI is InChI=1S/C31H46N2O3S/c1-2-3-4-5-6-7-8-9-10-11-12-13-14-15-16-17-30(35)33(31(32)36)26-18-22-28(23-19-26)37-29-24-20-27(34)21-25-29/h18-25,34H,2-17H2,1H3,(H2,32,36). The van der Waals surface area contributed by atoms with Crippen LogP contribution in [0.3, 0.4) is 0 Å². The molecule has 204 valence electrons. The first-order chi connectivity index (χ1) is 18.0.